The van der Waals surface area contributed by atoms with E-state index in [-0.39, 0.29) is 5.02 Å². The van der Waals surface area contributed by atoms with Crippen LogP contribution in [0.2, 0.25) is 5.02 Å². The highest BCUT2D eigenvalue weighted by atomic mass is 79.9. The molecular formula is C24H22BrClFN7O2. The van der Waals surface area contributed by atoms with Gasteiger partial charge in [0.1, 0.15) is 17.6 Å². The molecule has 0 aliphatic heterocycles. The van der Waals surface area contributed by atoms with Crippen LogP contribution in [0, 0.1) is 17.1 Å². The van der Waals surface area contributed by atoms with Crippen LogP contribution in [0.1, 0.15) is 11.3 Å². The number of benzene rings is 2. The van der Waals surface area contributed by atoms with Crippen LogP contribution in [-0.2, 0) is 22.6 Å². The zero-order valence-electron chi connectivity index (χ0n) is 19.3. The van der Waals surface area contributed by atoms with E-state index in [0.29, 0.717) is 60.8 Å². The molecule has 2 heterocycles. The van der Waals surface area contributed by atoms with E-state index in [2.05, 4.69) is 47.9 Å². The maximum absolute atomic E-state index is 13.6. The average Bonchev–Trinajstić information content (AvgIpc) is 3.33. The number of rotatable bonds is 11. The van der Waals surface area contributed by atoms with Crippen molar-refractivity contribution in [1.29, 1.82) is 5.26 Å². The van der Waals surface area contributed by atoms with Gasteiger partial charge in [-0.15, -0.1) is 5.10 Å². The van der Waals surface area contributed by atoms with Gasteiger partial charge in [0, 0.05) is 34.5 Å². The van der Waals surface area contributed by atoms with Gasteiger partial charge in [0.2, 0.25) is 0 Å². The largest absolute Gasteiger partial charge is 0.382 e. The number of anilines is 3. The Morgan fingerprint density at radius 3 is 2.83 bits per heavy atom. The summed E-state index contributed by atoms with van der Waals surface area (Å²) in [6, 6.07) is 10.2. The number of pyridine rings is 1. The molecule has 0 aliphatic carbocycles. The van der Waals surface area contributed by atoms with E-state index >= 15 is 0 Å². The fraction of sp³-hybridized carbons (Fsp3) is 0.250. The third kappa shape index (κ3) is 6.27. The van der Waals surface area contributed by atoms with Crippen molar-refractivity contribution in [1.82, 2.24) is 20.0 Å². The van der Waals surface area contributed by atoms with Crippen molar-refractivity contribution in [2.45, 2.75) is 13.1 Å². The number of methoxy groups -OCH3 is 1. The lowest BCUT2D eigenvalue weighted by Crippen LogP contribution is -2.09. The molecular weight excluding hydrogens is 553 g/mol. The zero-order valence-corrected chi connectivity index (χ0v) is 21.6. The molecule has 0 unspecified atom stereocenters. The number of nitrogens with zero attached hydrogens (tertiary/aromatic N) is 5. The van der Waals surface area contributed by atoms with Gasteiger partial charge in [0.25, 0.3) is 0 Å². The molecule has 0 atom stereocenters. The topological polar surface area (TPSA) is 110 Å². The molecule has 2 N–H and O–H groups in total. The van der Waals surface area contributed by atoms with E-state index in [9.17, 15) is 9.65 Å². The number of aromatic nitrogens is 4. The van der Waals surface area contributed by atoms with Crippen LogP contribution in [0.3, 0.4) is 0 Å². The summed E-state index contributed by atoms with van der Waals surface area (Å²) in [7, 11) is 1.63. The number of hydrogen-bond acceptors (Lipinski definition) is 8. The van der Waals surface area contributed by atoms with Gasteiger partial charge < -0.3 is 20.1 Å². The number of fused-ring (bicyclic) bond motifs is 1. The first-order valence-electron chi connectivity index (χ1n) is 10.9. The molecule has 186 valence electrons. The zero-order chi connectivity index (χ0) is 25.5. The Kier molecular flexibility index (Phi) is 8.66. The van der Waals surface area contributed by atoms with Crippen molar-refractivity contribution in [2.24, 2.45) is 0 Å². The molecule has 9 nitrogen and oxygen atoms in total. The Hall–Kier alpha value is -3.30. The molecule has 0 spiro atoms. The van der Waals surface area contributed by atoms with E-state index in [0.717, 1.165) is 15.9 Å². The molecule has 36 heavy (non-hydrogen) atoms. The Bertz CT molecular complexity index is 1410. The molecule has 12 heteroatoms. The quantitative estimate of drug-likeness (QED) is 0.233. The van der Waals surface area contributed by atoms with Crippen LogP contribution in [0.4, 0.5) is 21.5 Å². The van der Waals surface area contributed by atoms with Gasteiger partial charge in [-0.05, 0) is 46.3 Å². The third-order valence-electron chi connectivity index (χ3n) is 5.19. The first-order chi connectivity index (χ1) is 17.5. The molecule has 0 saturated heterocycles. The Morgan fingerprint density at radius 1 is 1.19 bits per heavy atom. The maximum atomic E-state index is 13.6. The second-order valence-electron chi connectivity index (χ2n) is 7.70. The SMILES string of the molecule is COCCOCCn1cc(CNc2cc(Br)c3ncc(C#N)c(Nc4ccc(F)c(Cl)c4)c3c2)nn1. The summed E-state index contributed by atoms with van der Waals surface area (Å²) in [5.41, 5.74) is 3.61. The molecule has 0 aliphatic rings. The molecule has 0 saturated carbocycles. The predicted molar refractivity (Wildman–Crippen MR) is 139 cm³/mol. The summed E-state index contributed by atoms with van der Waals surface area (Å²) in [6.45, 7) is 2.62. The van der Waals surface area contributed by atoms with Gasteiger partial charge in [-0.1, -0.05) is 16.8 Å². The van der Waals surface area contributed by atoms with Crippen LogP contribution in [0.25, 0.3) is 10.9 Å². The second kappa shape index (κ2) is 12.1. The minimum absolute atomic E-state index is 0.0185. The lowest BCUT2D eigenvalue weighted by Gasteiger charge is -2.14. The van der Waals surface area contributed by atoms with E-state index in [4.69, 9.17) is 21.1 Å². The number of ether oxygens (including phenoxy) is 2. The highest BCUT2D eigenvalue weighted by molar-refractivity contribution is 9.10. The van der Waals surface area contributed by atoms with Crippen LogP contribution in [0.5, 0.6) is 0 Å². The standard InChI is InChI=1S/C24H22BrClFN7O2/c1-35-6-7-36-5-4-34-14-18(32-33-34)13-29-17-8-19-23(31-16-2-3-22(27)21(26)10-16)15(11-28)12-30-24(19)20(25)9-17/h2-3,8-10,12,14,29H,4-7,13H2,1H3,(H,30,31). The fourth-order valence-electron chi connectivity index (χ4n) is 3.42. The van der Waals surface area contributed by atoms with E-state index in [1.807, 2.05) is 18.3 Å². The minimum atomic E-state index is -0.521. The fourth-order valence-corrected chi connectivity index (χ4v) is 4.17. The van der Waals surface area contributed by atoms with Crippen molar-refractivity contribution in [3.8, 4) is 6.07 Å². The third-order valence-corrected chi connectivity index (χ3v) is 6.08. The van der Waals surface area contributed by atoms with Crippen molar-refractivity contribution in [3.05, 3.63) is 69.3 Å². The molecule has 2 aromatic carbocycles. The molecule has 4 rings (SSSR count). The summed E-state index contributed by atoms with van der Waals surface area (Å²) >= 11 is 9.51. The van der Waals surface area contributed by atoms with Gasteiger partial charge in [0.15, 0.2) is 0 Å². The van der Waals surface area contributed by atoms with Crippen molar-refractivity contribution < 1.29 is 13.9 Å². The minimum Gasteiger partial charge on any atom is -0.382 e. The van der Waals surface area contributed by atoms with Gasteiger partial charge >= 0.3 is 0 Å². The Labute approximate surface area is 220 Å². The van der Waals surface area contributed by atoms with E-state index in [1.54, 1.807) is 17.9 Å². The molecule has 0 bridgehead atoms. The first-order valence-corrected chi connectivity index (χ1v) is 12.1. The van der Waals surface area contributed by atoms with Crippen LogP contribution in [-0.4, -0.2) is 46.9 Å². The monoisotopic (exact) mass is 573 g/mol. The van der Waals surface area contributed by atoms with Gasteiger partial charge in [-0.2, -0.15) is 5.26 Å². The number of halogens is 3. The van der Waals surface area contributed by atoms with Gasteiger partial charge in [0.05, 0.1) is 60.9 Å². The molecule has 4 aromatic rings. The summed E-state index contributed by atoms with van der Waals surface area (Å²) in [5, 5.41) is 25.2. The van der Waals surface area contributed by atoms with Crippen molar-refractivity contribution in [2.75, 3.05) is 37.6 Å². The Balaban J connectivity index is 1.53. The summed E-state index contributed by atoms with van der Waals surface area (Å²) in [4.78, 5) is 4.43. The smallest absolute Gasteiger partial charge is 0.141 e. The van der Waals surface area contributed by atoms with Crippen LogP contribution < -0.4 is 10.6 Å². The second-order valence-corrected chi connectivity index (χ2v) is 8.96. The lowest BCUT2D eigenvalue weighted by molar-refractivity contribution is 0.0652. The molecule has 0 radical (unpaired) electrons. The maximum Gasteiger partial charge on any atom is 0.141 e. The number of nitriles is 1. The normalized spacial score (nSPS) is 11.0. The Morgan fingerprint density at radius 2 is 2.06 bits per heavy atom. The molecule has 0 fully saturated rings. The van der Waals surface area contributed by atoms with Gasteiger partial charge in [-0.3, -0.25) is 4.98 Å². The van der Waals surface area contributed by atoms with Crippen molar-refractivity contribution >= 4 is 55.5 Å². The first kappa shape index (κ1) is 25.8. The lowest BCUT2D eigenvalue weighted by atomic mass is 10.1. The highest BCUT2D eigenvalue weighted by Crippen LogP contribution is 2.35. The molecule has 0 amide bonds. The van der Waals surface area contributed by atoms with Gasteiger partial charge in [-0.25, -0.2) is 9.07 Å². The summed E-state index contributed by atoms with van der Waals surface area (Å²) in [6.07, 6.45) is 3.34. The van der Waals surface area contributed by atoms with Crippen LogP contribution in [0.15, 0.2) is 47.2 Å². The average molecular weight is 575 g/mol. The highest BCUT2D eigenvalue weighted by Gasteiger charge is 2.14. The molecule has 2 aromatic heterocycles. The van der Waals surface area contributed by atoms with Crippen LogP contribution >= 0.6 is 27.5 Å². The van der Waals surface area contributed by atoms with E-state index < -0.39 is 5.82 Å². The number of hydrogen-bond donors (Lipinski definition) is 2. The number of nitrogens with one attached hydrogen (secondary N) is 2. The summed E-state index contributed by atoms with van der Waals surface area (Å²) < 4.78 is 26.5. The predicted octanol–water partition coefficient (Wildman–Crippen LogP) is 5.27. The van der Waals surface area contributed by atoms with E-state index in [1.165, 1.54) is 18.3 Å². The van der Waals surface area contributed by atoms with Crippen molar-refractivity contribution in [3.63, 3.8) is 0 Å². The summed E-state index contributed by atoms with van der Waals surface area (Å²) in [5.74, 6) is -0.521.